The maximum Gasteiger partial charge on any atom is 0.172 e. The molecule has 0 saturated heterocycles. The third kappa shape index (κ3) is 3.93. The van der Waals surface area contributed by atoms with Gasteiger partial charge in [-0.15, -0.1) is 0 Å². The average Bonchev–Trinajstić information content (AvgIpc) is 3.06. The molecule has 200 valence electrons. The van der Waals surface area contributed by atoms with Gasteiger partial charge in [0.25, 0.3) is 0 Å². The summed E-state index contributed by atoms with van der Waals surface area (Å²) in [5.41, 5.74) is 3.35. The maximum atomic E-state index is 16.1. The topological polar surface area (TPSA) is 20.3 Å². The molecule has 8 rings (SSSR count). The smallest absolute Gasteiger partial charge is 0.172 e. The van der Waals surface area contributed by atoms with Crippen molar-refractivity contribution >= 4 is 73.4 Å². The molecule has 0 fully saturated rings. The summed E-state index contributed by atoms with van der Waals surface area (Å²) in [5.74, 6) is 0. The van der Waals surface area contributed by atoms with E-state index in [-0.39, 0.29) is 0 Å². The number of benzene rings is 7. The predicted octanol–water partition coefficient (Wildman–Crippen LogP) is 9.57. The Balaban J connectivity index is 1.41. The van der Waals surface area contributed by atoms with Crippen molar-refractivity contribution in [3.8, 4) is 0 Å². The summed E-state index contributed by atoms with van der Waals surface area (Å²) in [6.07, 6.45) is 0. The van der Waals surface area contributed by atoms with Crippen molar-refractivity contribution in [1.29, 1.82) is 0 Å². The van der Waals surface area contributed by atoms with E-state index in [0.29, 0.717) is 0 Å². The fourth-order valence-electron chi connectivity index (χ4n) is 6.17. The molecule has 42 heavy (non-hydrogen) atoms. The lowest BCUT2D eigenvalue weighted by atomic mass is 10.1. The maximum absolute atomic E-state index is 16.1. The SMILES string of the molecule is O=P(c1ccc2c(c1)Sc1ccccc1N2c1ccccc1)(c1cccc2ccccc12)c1cccc2ccccc12. The van der Waals surface area contributed by atoms with Crippen LogP contribution in [-0.4, -0.2) is 0 Å². The summed E-state index contributed by atoms with van der Waals surface area (Å²) in [5, 5.41) is 6.82. The van der Waals surface area contributed by atoms with E-state index in [4.69, 9.17) is 0 Å². The van der Waals surface area contributed by atoms with Gasteiger partial charge in [-0.2, -0.15) is 0 Å². The number of nitrogens with zero attached hydrogens (tertiary/aromatic N) is 1. The van der Waals surface area contributed by atoms with E-state index in [9.17, 15) is 0 Å². The first-order valence-corrected chi connectivity index (χ1v) is 16.6. The monoisotopic (exact) mass is 575 g/mol. The number of hydrogen-bond donors (Lipinski definition) is 0. The van der Waals surface area contributed by atoms with Gasteiger partial charge in [-0.3, -0.25) is 0 Å². The largest absolute Gasteiger partial charge is 0.309 e. The van der Waals surface area contributed by atoms with Gasteiger partial charge in [-0.1, -0.05) is 127 Å². The van der Waals surface area contributed by atoms with Gasteiger partial charge in [0.05, 0.1) is 11.4 Å². The highest BCUT2D eigenvalue weighted by Crippen LogP contribution is 2.53. The minimum atomic E-state index is -3.32. The first-order valence-electron chi connectivity index (χ1n) is 14.1. The van der Waals surface area contributed by atoms with Crippen LogP contribution in [0, 0.1) is 0 Å². The van der Waals surface area contributed by atoms with Crippen LogP contribution in [0.3, 0.4) is 0 Å². The lowest BCUT2D eigenvalue weighted by Gasteiger charge is -2.33. The van der Waals surface area contributed by atoms with Gasteiger partial charge in [0, 0.05) is 31.4 Å². The molecule has 1 heterocycles. The molecule has 0 radical (unpaired) electrons. The molecule has 2 nitrogen and oxygen atoms in total. The molecule has 0 saturated carbocycles. The third-order valence-corrected chi connectivity index (χ3v) is 12.4. The van der Waals surface area contributed by atoms with Crippen molar-refractivity contribution in [2.24, 2.45) is 0 Å². The van der Waals surface area contributed by atoms with Gasteiger partial charge in [0.2, 0.25) is 0 Å². The zero-order chi connectivity index (χ0) is 28.1. The van der Waals surface area contributed by atoms with Crippen LogP contribution >= 0.6 is 18.9 Å². The number of anilines is 3. The fraction of sp³-hybridized carbons (Fsp3) is 0. The Morgan fingerprint density at radius 2 is 1.02 bits per heavy atom. The molecule has 1 aliphatic rings. The van der Waals surface area contributed by atoms with Gasteiger partial charge in [-0.25, -0.2) is 0 Å². The van der Waals surface area contributed by atoms with Crippen molar-refractivity contribution < 1.29 is 4.57 Å². The highest BCUT2D eigenvalue weighted by atomic mass is 32.2. The van der Waals surface area contributed by atoms with Crippen LogP contribution in [0.5, 0.6) is 0 Å². The Morgan fingerprint density at radius 3 is 1.71 bits per heavy atom. The molecule has 0 unspecified atom stereocenters. The van der Waals surface area contributed by atoms with Crippen LogP contribution in [0.4, 0.5) is 17.1 Å². The van der Waals surface area contributed by atoms with Crippen LogP contribution in [0.25, 0.3) is 21.5 Å². The molecule has 0 aromatic heterocycles. The standard InChI is InChI=1S/C38H26NOPS/c40-41(35-21-10-14-27-12-4-6-18-31(27)35,36-22-11-15-28-13-5-7-19-32(28)36)30-24-25-34-38(26-30)42-37-23-9-8-20-33(37)39(34)29-16-2-1-3-17-29/h1-26H. The van der Waals surface area contributed by atoms with Gasteiger partial charge in [0.15, 0.2) is 7.14 Å². The normalized spacial score (nSPS) is 12.7. The molecule has 0 amide bonds. The molecule has 0 aliphatic carbocycles. The van der Waals surface area contributed by atoms with E-state index in [1.165, 1.54) is 4.90 Å². The quantitative estimate of drug-likeness (QED) is 0.195. The number of rotatable bonds is 4. The Hall–Kier alpha value is -4.56. The van der Waals surface area contributed by atoms with Gasteiger partial charge in [0.1, 0.15) is 0 Å². The number of fused-ring (bicyclic) bond motifs is 4. The minimum Gasteiger partial charge on any atom is -0.309 e. The zero-order valence-electron chi connectivity index (χ0n) is 22.7. The van der Waals surface area contributed by atoms with E-state index in [1.54, 1.807) is 11.8 Å². The second-order valence-electron chi connectivity index (χ2n) is 10.5. The summed E-state index contributed by atoms with van der Waals surface area (Å²) >= 11 is 1.75. The molecule has 0 atom stereocenters. The van der Waals surface area contributed by atoms with Crippen LogP contribution in [-0.2, 0) is 4.57 Å². The molecule has 0 N–H and O–H groups in total. The lowest BCUT2D eigenvalue weighted by Crippen LogP contribution is -2.27. The van der Waals surface area contributed by atoms with Gasteiger partial charge < -0.3 is 9.46 Å². The Bertz CT molecular complexity index is 2080. The molecule has 7 aromatic rings. The van der Waals surface area contributed by atoms with E-state index < -0.39 is 7.14 Å². The molecule has 0 bridgehead atoms. The van der Waals surface area contributed by atoms with Crippen LogP contribution < -0.4 is 20.8 Å². The predicted molar refractivity (Wildman–Crippen MR) is 180 cm³/mol. The Labute approximate surface area is 249 Å². The van der Waals surface area contributed by atoms with E-state index in [2.05, 4.69) is 120 Å². The number of hydrogen-bond acceptors (Lipinski definition) is 3. The average molecular weight is 576 g/mol. The Kier molecular flexibility index (Phi) is 6.03. The summed E-state index contributed by atoms with van der Waals surface area (Å²) in [4.78, 5) is 4.58. The second kappa shape index (κ2) is 10.1. The summed E-state index contributed by atoms with van der Waals surface area (Å²) in [7, 11) is -3.32. The van der Waals surface area contributed by atoms with E-state index in [1.807, 2.05) is 42.5 Å². The summed E-state index contributed by atoms with van der Waals surface area (Å²) < 4.78 is 16.1. The molecule has 1 aliphatic heterocycles. The van der Waals surface area contributed by atoms with Crippen LogP contribution in [0.1, 0.15) is 0 Å². The van der Waals surface area contributed by atoms with Crippen LogP contribution in [0.15, 0.2) is 168 Å². The second-order valence-corrected chi connectivity index (χ2v) is 14.3. The lowest BCUT2D eigenvalue weighted by molar-refractivity contribution is 0.592. The summed E-state index contributed by atoms with van der Waals surface area (Å²) in [6, 6.07) is 54.4. The first-order chi connectivity index (χ1) is 20.7. The highest BCUT2D eigenvalue weighted by molar-refractivity contribution is 7.99. The first kappa shape index (κ1) is 25.2. The van der Waals surface area contributed by atoms with Gasteiger partial charge >= 0.3 is 0 Å². The highest BCUT2D eigenvalue weighted by Gasteiger charge is 2.35. The van der Waals surface area contributed by atoms with Gasteiger partial charge in [-0.05, 0) is 64.0 Å². The van der Waals surface area contributed by atoms with E-state index >= 15 is 4.57 Å². The molecule has 4 heteroatoms. The Morgan fingerprint density at radius 1 is 0.476 bits per heavy atom. The molecular formula is C38H26NOPS. The fourth-order valence-corrected chi connectivity index (χ4v) is 10.4. The number of para-hydroxylation sites is 2. The van der Waals surface area contributed by atoms with Crippen molar-refractivity contribution in [1.82, 2.24) is 0 Å². The van der Waals surface area contributed by atoms with Crippen molar-refractivity contribution in [2.75, 3.05) is 4.90 Å². The molecular weight excluding hydrogens is 549 g/mol. The minimum absolute atomic E-state index is 0.842. The van der Waals surface area contributed by atoms with Crippen LogP contribution in [0.2, 0.25) is 0 Å². The third-order valence-electron chi connectivity index (χ3n) is 8.10. The van der Waals surface area contributed by atoms with Crippen molar-refractivity contribution in [3.63, 3.8) is 0 Å². The van der Waals surface area contributed by atoms with Crippen molar-refractivity contribution in [3.05, 3.63) is 158 Å². The molecule has 7 aromatic carbocycles. The zero-order valence-corrected chi connectivity index (χ0v) is 24.4. The van der Waals surface area contributed by atoms with Crippen molar-refractivity contribution in [2.45, 2.75) is 9.79 Å². The van der Waals surface area contributed by atoms with E-state index in [0.717, 1.165) is 59.4 Å². The molecule has 0 spiro atoms. The summed E-state index contributed by atoms with van der Waals surface area (Å²) in [6.45, 7) is 0.